The molecule has 0 saturated heterocycles. The number of carbonyl (C=O) groups is 3. The summed E-state index contributed by atoms with van der Waals surface area (Å²) in [5, 5.41) is 19.5. The van der Waals surface area contributed by atoms with Crippen LogP contribution >= 0.6 is 0 Å². The van der Waals surface area contributed by atoms with Gasteiger partial charge in [0.05, 0.1) is 56.1 Å². The van der Waals surface area contributed by atoms with Gasteiger partial charge in [0.25, 0.3) is 5.95 Å². The number of nitro groups is 1. The van der Waals surface area contributed by atoms with Gasteiger partial charge in [0.15, 0.2) is 24.1 Å². The molecule has 0 aliphatic carbocycles. The van der Waals surface area contributed by atoms with Crippen molar-refractivity contribution < 1.29 is 57.3 Å². The molecule has 7 rings (SSSR count). The first kappa shape index (κ1) is 55.2. The van der Waals surface area contributed by atoms with Gasteiger partial charge in [0.2, 0.25) is 6.54 Å². The number of furan rings is 1. The van der Waals surface area contributed by atoms with Gasteiger partial charge in [-0.3, -0.25) is 34.5 Å². The zero-order chi connectivity index (χ0) is 51.4. The Kier molecular flexibility index (Phi) is 23.4. The predicted molar refractivity (Wildman–Crippen MR) is 264 cm³/mol. The van der Waals surface area contributed by atoms with E-state index in [9.17, 15) is 24.5 Å². The molecule has 372 valence electrons. The molecule has 0 unspecified atom stereocenters. The van der Waals surface area contributed by atoms with E-state index in [0.717, 1.165) is 60.4 Å². The first-order chi connectivity index (χ1) is 34.5. The van der Waals surface area contributed by atoms with Crippen LogP contribution in [0.25, 0.3) is 0 Å². The highest BCUT2D eigenvalue weighted by Crippen LogP contribution is 2.29. The number of methoxy groups -OCH3 is 3. The first-order valence-electron chi connectivity index (χ1n) is 22.4. The number of aromatic nitrogens is 3. The number of aldehydes is 3. The van der Waals surface area contributed by atoms with Gasteiger partial charge < -0.3 is 37.9 Å². The summed E-state index contributed by atoms with van der Waals surface area (Å²) in [5.41, 5.74) is 6.69. The summed E-state index contributed by atoms with van der Waals surface area (Å²) in [4.78, 5) is 55.9. The second-order valence-electron chi connectivity index (χ2n) is 14.9. The van der Waals surface area contributed by atoms with Gasteiger partial charge >= 0.3 is 0 Å². The lowest BCUT2D eigenvalue weighted by atomic mass is 10.1. The van der Waals surface area contributed by atoms with Crippen LogP contribution in [0.2, 0.25) is 0 Å². The Morgan fingerprint density at radius 2 is 1.11 bits per heavy atom. The summed E-state index contributed by atoms with van der Waals surface area (Å²) in [6, 6.07) is 35.3. The largest absolute Gasteiger partial charge is 0.497 e. The molecule has 0 fully saturated rings. The highest BCUT2D eigenvalue weighted by molar-refractivity contribution is 5.80. The molecule has 0 radical (unpaired) electrons. The quantitative estimate of drug-likeness (QED) is 0.0402. The fourth-order valence-corrected chi connectivity index (χ4v) is 6.22. The van der Waals surface area contributed by atoms with Gasteiger partial charge in [-0.05, 0) is 103 Å². The van der Waals surface area contributed by atoms with Gasteiger partial charge in [-0.1, -0.05) is 45.0 Å². The van der Waals surface area contributed by atoms with Crippen LogP contribution in [0.3, 0.4) is 0 Å². The standard InChI is InChI=1S/2C16H17NO3.C15H14N2O5.C7H10O2/c1-3-13-5-4-6-14(17-13)11-20-16-9-15(19-2)8-7-12(16)10-18;1-2-14-4-3-5-15(17-14)11-20-16-7-6-12(9-18)8-13(16)10-19;1-21-14-6-5-11(9-18)7-15(14)22-10-13-4-2-3-12(16-13)8-17(19)20;1-3-6-4-5-7(8-2)9-6/h4-10H,3,11H2,1-2H3;3-8,10,18H,2,9,11H2,1H3;2-7,9H,8,10H2,1H3;4-5H,3H2,1-2H3. The minimum Gasteiger partial charge on any atom is -0.497 e. The van der Waals surface area contributed by atoms with Crippen molar-refractivity contribution in [3.8, 4) is 34.7 Å². The van der Waals surface area contributed by atoms with Crippen LogP contribution in [-0.2, 0) is 52.2 Å². The molecule has 1 N–H and O–H groups in total. The smallest absolute Gasteiger partial charge is 0.284 e. The van der Waals surface area contributed by atoms with Crippen molar-refractivity contribution in [3.63, 3.8) is 0 Å². The Morgan fingerprint density at radius 1 is 0.549 bits per heavy atom. The van der Waals surface area contributed by atoms with Crippen LogP contribution in [0.15, 0.2) is 126 Å². The van der Waals surface area contributed by atoms with Crippen molar-refractivity contribution in [2.24, 2.45) is 0 Å². The third-order valence-corrected chi connectivity index (χ3v) is 9.98. The van der Waals surface area contributed by atoms with Crippen LogP contribution in [-0.4, -0.2) is 65.2 Å². The topological polar surface area (TPSA) is 222 Å². The molecule has 4 heterocycles. The molecule has 0 amide bonds. The Balaban J connectivity index is 0.000000213. The number of nitrogens with zero attached hydrogens (tertiary/aromatic N) is 4. The number of ether oxygens (including phenoxy) is 6. The molecule has 17 nitrogen and oxygen atoms in total. The van der Waals surface area contributed by atoms with E-state index in [-0.39, 0.29) is 19.8 Å². The normalized spacial score (nSPS) is 10.1. The molecule has 3 aromatic carbocycles. The fourth-order valence-electron chi connectivity index (χ4n) is 6.22. The van der Waals surface area contributed by atoms with E-state index in [1.165, 1.54) is 7.11 Å². The van der Waals surface area contributed by atoms with E-state index in [4.69, 9.17) is 37.9 Å². The summed E-state index contributed by atoms with van der Waals surface area (Å²) in [6.45, 7) is 6.46. The number of aryl methyl sites for hydroxylation is 3. The molecular weight excluding hydrogens is 913 g/mol. The molecular formula is C54H58N4O13. The molecule has 4 aromatic heterocycles. The molecule has 17 heteroatoms. The number of hydrogen-bond acceptors (Lipinski definition) is 16. The minimum absolute atomic E-state index is 0.0960. The summed E-state index contributed by atoms with van der Waals surface area (Å²) >= 11 is 0. The summed E-state index contributed by atoms with van der Waals surface area (Å²) in [5.74, 6) is 4.11. The summed E-state index contributed by atoms with van der Waals surface area (Å²) < 4.78 is 37.2. The number of rotatable bonds is 21. The summed E-state index contributed by atoms with van der Waals surface area (Å²) in [6.07, 6.45) is 4.88. The lowest BCUT2D eigenvalue weighted by Crippen LogP contribution is -2.05. The SMILES string of the molecule is CCc1ccc(OC)o1.CCc1cccc(COc2cc(OC)ccc2C=O)n1.CCc1cccc(COc2ccc(CO)cc2C=O)n1.COc1ccc(C=O)cc1OCc1cccc(C[N+](=O)[O-])n1. The lowest BCUT2D eigenvalue weighted by molar-refractivity contribution is -0.497. The minimum atomic E-state index is -0.441. The number of hydrogen-bond donors (Lipinski definition) is 1. The number of aliphatic hydroxyl groups excluding tert-OH is 1. The van der Waals surface area contributed by atoms with E-state index >= 15 is 0 Å². The van der Waals surface area contributed by atoms with Gasteiger partial charge in [-0.2, -0.15) is 0 Å². The maximum absolute atomic E-state index is 11.0. The first-order valence-corrected chi connectivity index (χ1v) is 22.4. The van der Waals surface area contributed by atoms with Crippen molar-refractivity contribution in [2.45, 2.75) is 73.0 Å². The fraction of sp³-hybridized carbons (Fsp3) is 0.259. The van der Waals surface area contributed by atoms with Gasteiger partial charge in [0.1, 0.15) is 54.8 Å². The van der Waals surface area contributed by atoms with Gasteiger partial charge in [0, 0.05) is 40.4 Å². The Hall–Kier alpha value is -8.44. The third kappa shape index (κ3) is 18.5. The Bertz CT molecular complexity index is 2760. The van der Waals surface area contributed by atoms with Crippen molar-refractivity contribution >= 4 is 18.9 Å². The number of benzene rings is 3. The molecule has 0 aliphatic rings. The number of carbonyl (C=O) groups excluding carboxylic acids is 3. The second kappa shape index (κ2) is 30.1. The van der Waals surface area contributed by atoms with Gasteiger partial charge in [-0.15, -0.1) is 0 Å². The monoisotopic (exact) mass is 970 g/mol. The van der Waals surface area contributed by atoms with Crippen molar-refractivity contribution in [1.82, 2.24) is 15.0 Å². The zero-order valence-corrected chi connectivity index (χ0v) is 40.6. The number of pyridine rings is 3. The molecule has 0 saturated carbocycles. The Labute approximate surface area is 412 Å². The van der Waals surface area contributed by atoms with Crippen LogP contribution < -0.4 is 28.4 Å². The third-order valence-electron chi connectivity index (χ3n) is 9.98. The second-order valence-corrected chi connectivity index (χ2v) is 14.9. The maximum atomic E-state index is 11.0. The molecule has 0 aliphatic heterocycles. The number of aliphatic hydroxyl groups is 1. The van der Waals surface area contributed by atoms with Crippen molar-refractivity contribution in [2.75, 3.05) is 21.3 Å². The van der Waals surface area contributed by atoms with E-state index in [1.807, 2.05) is 62.4 Å². The molecule has 0 bridgehead atoms. The van der Waals surface area contributed by atoms with Crippen LogP contribution in [0.5, 0.6) is 34.7 Å². The highest BCUT2D eigenvalue weighted by atomic mass is 16.6. The molecule has 7 aromatic rings. The average Bonchev–Trinajstić information content (AvgIpc) is 3.90. The highest BCUT2D eigenvalue weighted by Gasteiger charge is 2.10. The average molecular weight is 971 g/mol. The van der Waals surface area contributed by atoms with Crippen LogP contribution in [0.1, 0.15) is 97.3 Å². The van der Waals surface area contributed by atoms with Gasteiger partial charge in [-0.25, -0.2) is 4.98 Å². The van der Waals surface area contributed by atoms with E-state index in [0.29, 0.717) is 87.8 Å². The zero-order valence-electron chi connectivity index (χ0n) is 40.6. The molecule has 71 heavy (non-hydrogen) atoms. The maximum Gasteiger partial charge on any atom is 0.284 e. The van der Waals surface area contributed by atoms with E-state index in [2.05, 4.69) is 21.9 Å². The van der Waals surface area contributed by atoms with E-state index < -0.39 is 4.92 Å². The van der Waals surface area contributed by atoms with Crippen LogP contribution in [0.4, 0.5) is 0 Å². The van der Waals surface area contributed by atoms with Crippen molar-refractivity contribution in [3.05, 3.63) is 194 Å². The predicted octanol–water partition coefficient (Wildman–Crippen LogP) is 9.68. The summed E-state index contributed by atoms with van der Waals surface area (Å²) in [7, 11) is 4.67. The van der Waals surface area contributed by atoms with Crippen LogP contribution in [0, 0.1) is 10.1 Å². The molecule has 0 atom stereocenters. The Morgan fingerprint density at radius 3 is 1.61 bits per heavy atom. The lowest BCUT2D eigenvalue weighted by Gasteiger charge is -2.11. The van der Waals surface area contributed by atoms with E-state index in [1.54, 1.807) is 87.0 Å². The van der Waals surface area contributed by atoms with Crippen molar-refractivity contribution in [1.29, 1.82) is 0 Å². The molecule has 0 spiro atoms.